The molecule has 1 aromatic carbocycles. The summed E-state index contributed by atoms with van der Waals surface area (Å²) in [4.78, 5) is 13.0. The van der Waals surface area contributed by atoms with E-state index in [-0.39, 0.29) is 11.5 Å². The second kappa shape index (κ2) is 5.54. The summed E-state index contributed by atoms with van der Waals surface area (Å²) in [5.74, 6) is 2.79. The van der Waals surface area contributed by atoms with Crippen molar-refractivity contribution in [3.63, 3.8) is 0 Å². The van der Waals surface area contributed by atoms with Crippen molar-refractivity contribution in [1.29, 1.82) is 0 Å². The molecule has 3 heteroatoms. The van der Waals surface area contributed by atoms with Crippen molar-refractivity contribution in [2.24, 2.45) is 23.2 Å². The molecule has 4 bridgehead atoms. The van der Waals surface area contributed by atoms with Crippen molar-refractivity contribution in [3.8, 4) is 0 Å². The Morgan fingerprint density at radius 2 is 1.65 bits per heavy atom. The SMILES string of the molecule is C[C@@H](Cc1ccc(N)cc1)NC(=O)C12CC3CC(CC(C3)C1)C2. The molecule has 0 aliphatic heterocycles. The molecule has 124 valence electrons. The van der Waals surface area contributed by atoms with Gasteiger partial charge in [0.05, 0.1) is 0 Å². The lowest BCUT2D eigenvalue weighted by atomic mass is 9.49. The van der Waals surface area contributed by atoms with Crippen molar-refractivity contribution in [3.05, 3.63) is 29.8 Å². The van der Waals surface area contributed by atoms with Gasteiger partial charge < -0.3 is 11.1 Å². The van der Waals surface area contributed by atoms with Gasteiger partial charge in [-0.25, -0.2) is 0 Å². The first kappa shape index (κ1) is 15.0. The number of carbonyl (C=O) groups is 1. The van der Waals surface area contributed by atoms with E-state index in [4.69, 9.17) is 5.73 Å². The van der Waals surface area contributed by atoms with E-state index in [0.717, 1.165) is 49.1 Å². The summed E-state index contributed by atoms with van der Waals surface area (Å²) in [7, 11) is 0. The number of nitrogen functional groups attached to an aromatic ring is 1. The highest BCUT2D eigenvalue weighted by atomic mass is 16.2. The van der Waals surface area contributed by atoms with Crippen LogP contribution in [0.25, 0.3) is 0 Å². The topological polar surface area (TPSA) is 55.1 Å². The molecule has 0 unspecified atom stereocenters. The zero-order valence-electron chi connectivity index (χ0n) is 14.1. The van der Waals surface area contributed by atoms with Gasteiger partial charge in [-0.3, -0.25) is 4.79 Å². The van der Waals surface area contributed by atoms with Gasteiger partial charge in [-0.05, 0) is 87.3 Å². The fourth-order valence-corrected chi connectivity index (χ4v) is 5.82. The fourth-order valence-electron chi connectivity index (χ4n) is 5.82. The predicted octanol–water partition coefficient (Wildman–Crippen LogP) is 3.53. The number of nitrogens with one attached hydrogen (secondary N) is 1. The molecular formula is C20H28N2O. The van der Waals surface area contributed by atoms with Crippen molar-refractivity contribution in [2.75, 3.05) is 5.73 Å². The number of benzene rings is 1. The molecule has 1 amide bonds. The van der Waals surface area contributed by atoms with E-state index in [9.17, 15) is 4.79 Å². The van der Waals surface area contributed by atoms with E-state index in [1.54, 1.807) is 0 Å². The first-order valence-corrected chi connectivity index (χ1v) is 9.18. The maximum Gasteiger partial charge on any atom is 0.226 e. The van der Waals surface area contributed by atoms with Crippen LogP contribution in [-0.4, -0.2) is 11.9 Å². The smallest absolute Gasteiger partial charge is 0.226 e. The minimum atomic E-state index is -0.0376. The molecular weight excluding hydrogens is 284 g/mol. The first-order chi connectivity index (χ1) is 11.0. The number of hydrogen-bond acceptors (Lipinski definition) is 2. The lowest BCUT2D eigenvalue weighted by Gasteiger charge is -2.55. The standard InChI is InChI=1S/C20H28N2O/c1-13(6-14-2-4-18(21)5-3-14)22-19(23)20-10-15-7-16(11-20)9-17(8-15)12-20/h2-5,13,15-17H,6-12,21H2,1H3,(H,22,23)/t13-,15?,16?,17?,20?/m0/s1. The van der Waals surface area contributed by atoms with Crippen molar-refractivity contribution in [1.82, 2.24) is 5.32 Å². The van der Waals surface area contributed by atoms with E-state index in [1.807, 2.05) is 12.1 Å². The van der Waals surface area contributed by atoms with Gasteiger partial charge in [-0.15, -0.1) is 0 Å². The fraction of sp³-hybridized carbons (Fsp3) is 0.650. The molecule has 3 N–H and O–H groups in total. The summed E-state index contributed by atoms with van der Waals surface area (Å²) >= 11 is 0. The minimum absolute atomic E-state index is 0.0376. The molecule has 0 spiro atoms. The Labute approximate surface area is 139 Å². The number of nitrogens with two attached hydrogens (primary N) is 1. The van der Waals surface area contributed by atoms with Crippen LogP contribution in [0.4, 0.5) is 5.69 Å². The third-order valence-electron chi connectivity index (χ3n) is 6.42. The highest BCUT2D eigenvalue weighted by molar-refractivity contribution is 5.83. The van der Waals surface area contributed by atoms with E-state index < -0.39 is 0 Å². The second-order valence-electron chi connectivity index (χ2n) is 8.52. The van der Waals surface area contributed by atoms with Crippen LogP contribution in [0.2, 0.25) is 0 Å². The molecule has 0 aromatic heterocycles. The van der Waals surface area contributed by atoms with Gasteiger partial charge in [0.1, 0.15) is 0 Å². The summed E-state index contributed by atoms with van der Waals surface area (Å²) in [5.41, 5.74) is 7.72. The van der Waals surface area contributed by atoms with E-state index in [0.29, 0.717) is 5.91 Å². The van der Waals surface area contributed by atoms with Crippen LogP contribution in [-0.2, 0) is 11.2 Å². The molecule has 3 nitrogen and oxygen atoms in total. The molecule has 0 radical (unpaired) electrons. The predicted molar refractivity (Wildman–Crippen MR) is 92.8 cm³/mol. The summed E-state index contributed by atoms with van der Waals surface area (Å²) in [5, 5.41) is 3.33. The summed E-state index contributed by atoms with van der Waals surface area (Å²) in [6.45, 7) is 2.12. The number of hydrogen-bond donors (Lipinski definition) is 2. The molecule has 0 heterocycles. The Morgan fingerprint density at radius 1 is 1.13 bits per heavy atom. The lowest BCUT2D eigenvalue weighted by Crippen LogP contribution is -2.55. The van der Waals surface area contributed by atoms with Gasteiger partial charge >= 0.3 is 0 Å². The maximum atomic E-state index is 13.0. The number of amides is 1. The minimum Gasteiger partial charge on any atom is -0.399 e. The molecule has 1 atom stereocenters. The maximum absolute atomic E-state index is 13.0. The Balaban J connectivity index is 1.40. The highest BCUT2D eigenvalue weighted by Gasteiger charge is 2.54. The van der Waals surface area contributed by atoms with Gasteiger partial charge in [0.2, 0.25) is 5.91 Å². The molecule has 4 saturated carbocycles. The number of anilines is 1. The van der Waals surface area contributed by atoms with Crippen molar-refractivity contribution in [2.45, 2.75) is 57.9 Å². The quantitative estimate of drug-likeness (QED) is 0.836. The van der Waals surface area contributed by atoms with E-state index in [1.165, 1.54) is 24.8 Å². The third-order valence-corrected chi connectivity index (χ3v) is 6.42. The average molecular weight is 312 g/mol. The van der Waals surface area contributed by atoms with Crippen LogP contribution >= 0.6 is 0 Å². The Bertz CT molecular complexity index is 557. The van der Waals surface area contributed by atoms with Crippen molar-refractivity contribution < 1.29 is 4.79 Å². The molecule has 0 saturated heterocycles. The summed E-state index contributed by atoms with van der Waals surface area (Å²) < 4.78 is 0. The van der Waals surface area contributed by atoms with Crippen LogP contribution in [0.5, 0.6) is 0 Å². The zero-order valence-corrected chi connectivity index (χ0v) is 14.1. The Kier molecular flexibility index (Phi) is 3.62. The van der Waals surface area contributed by atoms with Crippen LogP contribution in [0, 0.1) is 23.2 Å². The van der Waals surface area contributed by atoms with Gasteiger partial charge in [0, 0.05) is 17.1 Å². The third kappa shape index (κ3) is 2.86. The Hall–Kier alpha value is -1.51. The largest absolute Gasteiger partial charge is 0.399 e. The van der Waals surface area contributed by atoms with Crippen LogP contribution in [0.15, 0.2) is 24.3 Å². The van der Waals surface area contributed by atoms with Crippen LogP contribution in [0.1, 0.15) is 51.0 Å². The average Bonchev–Trinajstić information content (AvgIpc) is 2.48. The van der Waals surface area contributed by atoms with Crippen LogP contribution in [0.3, 0.4) is 0 Å². The van der Waals surface area contributed by atoms with Gasteiger partial charge in [-0.2, -0.15) is 0 Å². The number of rotatable bonds is 4. The van der Waals surface area contributed by atoms with E-state index in [2.05, 4.69) is 24.4 Å². The molecule has 4 fully saturated rings. The molecule has 4 aliphatic carbocycles. The number of carbonyl (C=O) groups excluding carboxylic acids is 1. The Morgan fingerprint density at radius 3 is 2.17 bits per heavy atom. The normalized spacial score (nSPS) is 36.0. The van der Waals surface area contributed by atoms with Gasteiger partial charge in [-0.1, -0.05) is 12.1 Å². The monoisotopic (exact) mass is 312 g/mol. The van der Waals surface area contributed by atoms with E-state index >= 15 is 0 Å². The second-order valence-corrected chi connectivity index (χ2v) is 8.52. The summed E-state index contributed by atoms with van der Waals surface area (Å²) in [6, 6.07) is 8.16. The molecule has 1 aromatic rings. The molecule has 5 rings (SSSR count). The molecule has 23 heavy (non-hydrogen) atoms. The highest BCUT2D eigenvalue weighted by Crippen LogP contribution is 2.60. The summed E-state index contributed by atoms with van der Waals surface area (Å²) in [6.07, 6.45) is 8.44. The zero-order chi connectivity index (χ0) is 16.0. The lowest BCUT2D eigenvalue weighted by molar-refractivity contribution is -0.146. The first-order valence-electron chi connectivity index (χ1n) is 9.18. The van der Waals surface area contributed by atoms with Gasteiger partial charge in [0.25, 0.3) is 0 Å². The van der Waals surface area contributed by atoms with Gasteiger partial charge in [0.15, 0.2) is 0 Å². The van der Waals surface area contributed by atoms with Crippen LogP contribution < -0.4 is 11.1 Å². The molecule has 4 aliphatic rings. The van der Waals surface area contributed by atoms with Crippen molar-refractivity contribution >= 4 is 11.6 Å².